The standard InChI is InChI=1S/C18H30N4O/c1-4-19-18(21-13-16-9-11-22(3)14-16)20-10-12-23-17-7-5-15(2)6-8-17/h5-8,16H,4,9-14H2,1-3H3,(H2,19,20,21). The average molecular weight is 318 g/mol. The minimum atomic E-state index is 0.625. The molecular formula is C18H30N4O. The van der Waals surface area contributed by atoms with Gasteiger partial charge >= 0.3 is 0 Å². The Morgan fingerprint density at radius 3 is 2.74 bits per heavy atom. The minimum Gasteiger partial charge on any atom is -0.492 e. The van der Waals surface area contributed by atoms with E-state index in [1.54, 1.807) is 0 Å². The first-order valence-corrected chi connectivity index (χ1v) is 8.57. The normalized spacial score (nSPS) is 18.9. The van der Waals surface area contributed by atoms with Crippen molar-refractivity contribution in [2.45, 2.75) is 20.3 Å². The Bertz CT molecular complexity index is 486. The van der Waals surface area contributed by atoms with Gasteiger partial charge in [0.15, 0.2) is 5.96 Å². The van der Waals surface area contributed by atoms with Crippen LogP contribution in [0.3, 0.4) is 0 Å². The van der Waals surface area contributed by atoms with Crippen LogP contribution in [0, 0.1) is 12.8 Å². The maximum absolute atomic E-state index is 5.73. The van der Waals surface area contributed by atoms with Crippen LogP contribution in [-0.2, 0) is 0 Å². The fraction of sp³-hybridized carbons (Fsp3) is 0.611. The summed E-state index contributed by atoms with van der Waals surface area (Å²) in [7, 11) is 2.18. The van der Waals surface area contributed by atoms with Gasteiger partial charge in [-0.1, -0.05) is 17.7 Å². The number of aliphatic imine (C=N–C) groups is 1. The van der Waals surface area contributed by atoms with E-state index in [9.17, 15) is 0 Å². The molecule has 0 bridgehead atoms. The molecule has 1 aromatic rings. The number of hydrogen-bond donors (Lipinski definition) is 2. The number of nitrogens with one attached hydrogen (secondary N) is 2. The average Bonchev–Trinajstić information content (AvgIpc) is 2.96. The lowest BCUT2D eigenvalue weighted by atomic mass is 10.1. The van der Waals surface area contributed by atoms with Crippen LogP contribution in [0.5, 0.6) is 5.75 Å². The molecule has 1 saturated heterocycles. The predicted octanol–water partition coefficient (Wildman–Crippen LogP) is 1.88. The lowest BCUT2D eigenvalue weighted by Gasteiger charge is -2.13. The zero-order chi connectivity index (χ0) is 16.5. The van der Waals surface area contributed by atoms with Crippen LogP contribution in [0.1, 0.15) is 18.9 Å². The van der Waals surface area contributed by atoms with Crippen LogP contribution in [-0.4, -0.2) is 57.2 Å². The molecule has 1 unspecified atom stereocenters. The maximum Gasteiger partial charge on any atom is 0.191 e. The molecule has 1 aliphatic heterocycles. The zero-order valence-electron chi connectivity index (χ0n) is 14.6. The summed E-state index contributed by atoms with van der Waals surface area (Å²) in [4.78, 5) is 7.07. The van der Waals surface area contributed by atoms with Gasteiger partial charge in [-0.15, -0.1) is 0 Å². The molecule has 1 heterocycles. The van der Waals surface area contributed by atoms with Crippen molar-refractivity contribution in [3.63, 3.8) is 0 Å². The summed E-state index contributed by atoms with van der Waals surface area (Å²) >= 11 is 0. The summed E-state index contributed by atoms with van der Waals surface area (Å²) in [6, 6.07) is 8.14. The van der Waals surface area contributed by atoms with Gasteiger partial charge in [-0.05, 0) is 51.9 Å². The second-order valence-corrected chi connectivity index (χ2v) is 6.22. The molecule has 0 aromatic heterocycles. The highest BCUT2D eigenvalue weighted by Crippen LogP contribution is 2.14. The number of guanidine groups is 1. The summed E-state index contributed by atoms with van der Waals surface area (Å²) < 4.78 is 5.73. The fourth-order valence-electron chi connectivity index (χ4n) is 2.71. The van der Waals surface area contributed by atoms with Crippen LogP contribution in [0.25, 0.3) is 0 Å². The predicted molar refractivity (Wildman–Crippen MR) is 96.3 cm³/mol. The molecule has 0 amide bonds. The molecule has 1 fully saturated rings. The summed E-state index contributed by atoms with van der Waals surface area (Å²) in [5.74, 6) is 2.47. The van der Waals surface area contributed by atoms with E-state index >= 15 is 0 Å². The van der Waals surface area contributed by atoms with E-state index in [4.69, 9.17) is 9.73 Å². The first-order valence-electron chi connectivity index (χ1n) is 8.57. The molecule has 5 nitrogen and oxygen atoms in total. The Morgan fingerprint density at radius 1 is 1.30 bits per heavy atom. The smallest absolute Gasteiger partial charge is 0.191 e. The molecule has 1 aliphatic rings. The second kappa shape index (κ2) is 9.40. The third kappa shape index (κ3) is 6.48. The second-order valence-electron chi connectivity index (χ2n) is 6.22. The molecule has 1 aromatic carbocycles. The monoisotopic (exact) mass is 318 g/mol. The number of rotatable bonds is 7. The molecule has 0 aliphatic carbocycles. The molecule has 2 N–H and O–H groups in total. The van der Waals surface area contributed by atoms with Crippen molar-refractivity contribution in [3.05, 3.63) is 29.8 Å². The summed E-state index contributed by atoms with van der Waals surface area (Å²) in [5, 5.41) is 6.63. The van der Waals surface area contributed by atoms with Crippen molar-refractivity contribution in [1.29, 1.82) is 0 Å². The van der Waals surface area contributed by atoms with E-state index < -0.39 is 0 Å². The number of hydrogen-bond acceptors (Lipinski definition) is 3. The summed E-state index contributed by atoms with van der Waals surface area (Å²) in [6.07, 6.45) is 1.25. The number of nitrogens with zero attached hydrogens (tertiary/aromatic N) is 2. The number of benzene rings is 1. The Hall–Kier alpha value is -1.75. The molecule has 0 spiro atoms. The van der Waals surface area contributed by atoms with Crippen LogP contribution in [0.4, 0.5) is 0 Å². The van der Waals surface area contributed by atoms with Crippen molar-refractivity contribution in [1.82, 2.24) is 15.5 Å². The molecule has 0 saturated carbocycles. The fourth-order valence-corrected chi connectivity index (χ4v) is 2.71. The minimum absolute atomic E-state index is 0.625. The van der Waals surface area contributed by atoms with E-state index in [-0.39, 0.29) is 0 Å². The summed E-state index contributed by atoms with van der Waals surface area (Å²) in [5.41, 5.74) is 1.24. The first-order chi connectivity index (χ1) is 11.2. The third-order valence-corrected chi connectivity index (χ3v) is 4.02. The van der Waals surface area contributed by atoms with Gasteiger partial charge in [0.25, 0.3) is 0 Å². The van der Waals surface area contributed by atoms with E-state index in [1.165, 1.54) is 18.5 Å². The van der Waals surface area contributed by atoms with Crippen molar-refractivity contribution >= 4 is 5.96 Å². The van der Waals surface area contributed by atoms with Gasteiger partial charge in [-0.3, -0.25) is 4.99 Å². The highest BCUT2D eigenvalue weighted by Gasteiger charge is 2.18. The summed E-state index contributed by atoms with van der Waals surface area (Å²) in [6.45, 7) is 9.63. The SMILES string of the molecule is CCNC(=NCC1CCN(C)C1)NCCOc1ccc(C)cc1. The highest BCUT2D eigenvalue weighted by molar-refractivity contribution is 5.79. The van der Waals surface area contributed by atoms with Crippen LogP contribution in [0.2, 0.25) is 0 Å². The molecule has 0 radical (unpaired) electrons. The Balaban J connectivity index is 1.70. The lowest BCUT2D eigenvalue weighted by molar-refractivity contribution is 0.322. The van der Waals surface area contributed by atoms with Crippen molar-refractivity contribution < 1.29 is 4.74 Å². The van der Waals surface area contributed by atoms with Gasteiger partial charge < -0.3 is 20.3 Å². The van der Waals surface area contributed by atoms with Gasteiger partial charge in [-0.25, -0.2) is 0 Å². The Kier molecular flexibility index (Phi) is 7.20. The third-order valence-electron chi connectivity index (χ3n) is 4.02. The number of likely N-dealkylation sites (tertiary alicyclic amines) is 1. The maximum atomic E-state index is 5.73. The quantitative estimate of drug-likeness (QED) is 0.458. The van der Waals surface area contributed by atoms with Gasteiger partial charge in [0, 0.05) is 19.6 Å². The largest absolute Gasteiger partial charge is 0.492 e. The number of ether oxygens (including phenoxy) is 1. The molecule has 1 atom stereocenters. The molecule has 23 heavy (non-hydrogen) atoms. The van der Waals surface area contributed by atoms with E-state index in [0.29, 0.717) is 12.5 Å². The molecule has 128 valence electrons. The molecule has 5 heteroatoms. The van der Waals surface area contributed by atoms with Crippen molar-refractivity contribution in [2.24, 2.45) is 10.9 Å². The zero-order valence-corrected chi connectivity index (χ0v) is 14.6. The Morgan fingerprint density at radius 2 is 2.09 bits per heavy atom. The van der Waals surface area contributed by atoms with E-state index in [2.05, 4.69) is 48.6 Å². The topological polar surface area (TPSA) is 48.9 Å². The van der Waals surface area contributed by atoms with Gasteiger partial charge in [-0.2, -0.15) is 0 Å². The molecular weight excluding hydrogens is 288 g/mol. The van der Waals surface area contributed by atoms with Crippen LogP contribution in [0.15, 0.2) is 29.3 Å². The van der Waals surface area contributed by atoms with E-state index in [1.807, 2.05) is 12.1 Å². The highest BCUT2D eigenvalue weighted by atomic mass is 16.5. The van der Waals surface area contributed by atoms with E-state index in [0.717, 1.165) is 37.9 Å². The van der Waals surface area contributed by atoms with Crippen molar-refractivity contribution in [2.75, 3.05) is 46.4 Å². The van der Waals surface area contributed by atoms with Gasteiger partial charge in [0.1, 0.15) is 12.4 Å². The van der Waals surface area contributed by atoms with Crippen molar-refractivity contribution in [3.8, 4) is 5.75 Å². The Labute approximate surface area is 140 Å². The van der Waals surface area contributed by atoms with Crippen LogP contribution >= 0.6 is 0 Å². The van der Waals surface area contributed by atoms with Gasteiger partial charge in [0.05, 0.1) is 6.54 Å². The first kappa shape index (κ1) is 17.6. The van der Waals surface area contributed by atoms with Crippen LogP contribution < -0.4 is 15.4 Å². The number of aryl methyl sites for hydroxylation is 1. The van der Waals surface area contributed by atoms with Gasteiger partial charge in [0.2, 0.25) is 0 Å². The molecule has 2 rings (SSSR count). The lowest BCUT2D eigenvalue weighted by Crippen LogP contribution is -2.39.